The molecule has 0 unspecified atom stereocenters. The molecule has 0 aromatic heterocycles. The lowest BCUT2D eigenvalue weighted by Crippen LogP contribution is -2.15. The van der Waals surface area contributed by atoms with E-state index in [2.05, 4.69) is 11.8 Å². The molecule has 0 N–H and O–H groups in total. The highest BCUT2D eigenvalue weighted by Gasteiger charge is 1.92. The number of amides is 1. The molecular weight excluding hydrogens is 92.1 g/mol. The molecule has 0 aromatic carbocycles. The Morgan fingerprint density at radius 3 is 2.29 bits per heavy atom. The highest BCUT2D eigenvalue weighted by Crippen LogP contribution is 1.78. The van der Waals surface area contributed by atoms with Crippen molar-refractivity contribution < 1.29 is 4.79 Å². The summed E-state index contributed by atoms with van der Waals surface area (Å²) in [5, 5.41) is 4.49. The summed E-state index contributed by atoms with van der Waals surface area (Å²) < 4.78 is 0. The van der Waals surface area contributed by atoms with Gasteiger partial charge in [0.1, 0.15) is 0 Å². The SMILES string of the molecule is C=NN(C)C(C)=O. The molecule has 0 bridgehead atoms. The van der Waals surface area contributed by atoms with E-state index in [1.165, 1.54) is 11.9 Å². The standard InChI is InChI=1S/C4H8N2O/c1-4(7)6(3)5-2/h2H2,1,3H3. The minimum atomic E-state index is -0.102. The number of rotatable bonds is 1. The van der Waals surface area contributed by atoms with Crippen LogP contribution in [0.4, 0.5) is 0 Å². The normalized spacial score (nSPS) is 7.71. The lowest BCUT2D eigenvalue weighted by molar-refractivity contribution is -0.127. The van der Waals surface area contributed by atoms with Gasteiger partial charge in [0.05, 0.1) is 0 Å². The van der Waals surface area contributed by atoms with E-state index in [0.717, 1.165) is 0 Å². The summed E-state index contributed by atoms with van der Waals surface area (Å²) in [6.07, 6.45) is 0. The molecule has 40 valence electrons. The van der Waals surface area contributed by atoms with Crippen LogP contribution in [0.5, 0.6) is 0 Å². The Labute approximate surface area is 42.6 Å². The molecule has 7 heavy (non-hydrogen) atoms. The third-order valence-electron chi connectivity index (χ3n) is 0.668. The molecule has 1 amide bonds. The summed E-state index contributed by atoms with van der Waals surface area (Å²) in [6.45, 7) is 4.56. The van der Waals surface area contributed by atoms with E-state index in [1.54, 1.807) is 7.05 Å². The van der Waals surface area contributed by atoms with Crippen molar-refractivity contribution in [1.82, 2.24) is 5.01 Å². The Bertz CT molecular complexity index is 89.7. The molecule has 0 atom stereocenters. The Kier molecular flexibility index (Phi) is 2.05. The molecule has 3 heteroatoms. The van der Waals surface area contributed by atoms with Crippen LogP contribution in [0.25, 0.3) is 0 Å². The van der Waals surface area contributed by atoms with Crippen LogP contribution in [0.15, 0.2) is 5.10 Å². The third kappa shape index (κ3) is 1.92. The number of hydrogen-bond acceptors (Lipinski definition) is 2. The lowest BCUT2D eigenvalue weighted by Gasteiger charge is -2.02. The summed E-state index contributed by atoms with van der Waals surface area (Å²) >= 11 is 0. The molecule has 0 aliphatic carbocycles. The summed E-state index contributed by atoms with van der Waals surface area (Å²) in [5.74, 6) is -0.102. The molecule has 0 aliphatic heterocycles. The van der Waals surface area contributed by atoms with Crippen molar-refractivity contribution in [2.45, 2.75) is 6.92 Å². The fraction of sp³-hybridized carbons (Fsp3) is 0.500. The molecule has 0 aromatic rings. The van der Waals surface area contributed by atoms with Crippen LogP contribution < -0.4 is 0 Å². The van der Waals surface area contributed by atoms with E-state index in [-0.39, 0.29) is 5.91 Å². The first kappa shape index (κ1) is 6.14. The second-order valence-corrected chi connectivity index (χ2v) is 1.18. The minimum absolute atomic E-state index is 0.102. The fourth-order valence-corrected chi connectivity index (χ4v) is 0.0996. The maximum Gasteiger partial charge on any atom is 0.239 e. The Morgan fingerprint density at radius 1 is 1.86 bits per heavy atom. The maximum absolute atomic E-state index is 10.2. The van der Waals surface area contributed by atoms with Gasteiger partial charge in [-0.25, -0.2) is 5.01 Å². The Hall–Kier alpha value is -0.860. The van der Waals surface area contributed by atoms with Gasteiger partial charge in [-0.2, -0.15) is 5.10 Å². The highest BCUT2D eigenvalue weighted by atomic mass is 16.2. The molecule has 0 aliphatic rings. The molecular formula is C4H8N2O. The largest absolute Gasteiger partial charge is 0.273 e. The van der Waals surface area contributed by atoms with Gasteiger partial charge in [-0.05, 0) is 0 Å². The third-order valence-corrected chi connectivity index (χ3v) is 0.668. The van der Waals surface area contributed by atoms with Crippen LogP contribution in [-0.2, 0) is 4.79 Å². The van der Waals surface area contributed by atoms with Crippen molar-refractivity contribution in [3.05, 3.63) is 0 Å². The van der Waals surface area contributed by atoms with Crippen LogP contribution in [0.2, 0.25) is 0 Å². The van der Waals surface area contributed by atoms with Crippen LogP contribution in [0, 0.1) is 0 Å². The first-order valence-electron chi connectivity index (χ1n) is 1.89. The quantitative estimate of drug-likeness (QED) is 0.339. The summed E-state index contributed by atoms with van der Waals surface area (Å²) in [4.78, 5) is 10.2. The number of nitrogens with zero attached hydrogens (tertiary/aromatic N) is 2. The van der Waals surface area contributed by atoms with Crippen LogP contribution >= 0.6 is 0 Å². The van der Waals surface area contributed by atoms with Crippen molar-refractivity contribution >= 4 is 12.6 Å². The van der Waals surface area contributed by atoms with Crippen LogP contribution in [0.1, 0.15) is 6.92 Å². The zero-order chi connectivity index (χ0) is 5.86. The van der Waals surface area contributed by atoms with Gasteiger partial charge >= 0.3 is 0 Å². The second kappa shape index (κ2) is 2.34. The van der Waals surface area contributed by atoms with Crippen molar-refractivity contribution in [2.75, 3.05) is 7.05 Å². The van der Waals surface area contributed by atoms with Gasteiger partial charge in [0.15, 0.2) is 0 Å². The molecule has 0 rings (SSSR count). The van der Waals surface area contributed by atoms with E-state index < -0.39 is 0 Å². The molecule has 3 nitrogen and oxygen atoms in total. The molecule has 0 saturated heterocycles. The Balaban J connectivity index is 3.55. The summed E-state index contributed by atoms with van der Waals surface area (Å²) in [7, 11) is 1.55. The fourth-order valence-electron chi connectivity index (χ4n) is 0.0996. The van der Waals surface area contributed by atoms with E-state index in [4.69, 9.17) is 0 Å². The monoisotopic (exact) mass is 100 g/mol. The van der Waals surface area contributed by atoms with E-state index in [1.807, 2.05) is 0 Å². The van der Waals surface area contributed by atoms with Crippen LogP contribution in [-0.4, -0.2) is 24.7 Å². The first-order chi connectivity index (χ1) is 3.18. The van der Waals surface area contributed by atoms with Crippen molar-refractivity contribution in [1.29, 1.82) is 0 Å². The van der Waals surface area contributed by atoms with E-state index in [9.17, 15) is 4.79 Å². The number of hydrazone groups is 1. The minimum Gasteiger partial charge on any atom is -0.273 e. The van der Waals surface area contributed by atoms with Crippen LogP contribution in [0.3, 0.4) is 0 Å². The van der Waals surface area contributed by atoms with Crippen molar-refractivity contribution in [3.63, 3.8) is 0 Å². The van der Waals surface area contributed by atoms with Gasteiger partial charge in [0, 0.05) is 20.7 Å². The predicted molar refractivity (Wildman–Crippen MR) is 28.0 cm³/mol. The van der Waals surface area contributed by atoms with E-state index in [0.29, 0.717) is 0 Å². The molecule has 0 radical (unpaired) electrons. The van der Waals surface area contributed by atoms with Gasteiger partial charge in [-0.15, -0.1) is 0 Å². The number of carbonyl (C=O) groups is 1. The van der Waals surface area contributed by atoms with Gasteiger partial charge in [0.2, 0.25) is 5.91 Å². The van der Waals surface area contributed by atoms with Gasteiger partial charge in [-0.1, -0.05) is 0 Å². The molecule has 0 spiro atoms. The average molecular weight is 100 g/mol. The number of carbonyl (C=O) groups excluding carboxylic acids is 1. The van der Waals surface area contributed by atoms with Crippen molar-refractivity contribution in [2.24, 2.45) is 5.10 Å². The topological polar surface area (TPSA) is 32.7 Å². The zero-order valence-corrected chi connectivity index (χ0v) is 4.51. The highest BCUT2D eigenvalue weighted by molar-refractivity contribution is 5.72. The smallest absolute Gasteiger partial charge is 0.239 e. The molecule has 0 saturated carbocycles. The van der Waals surface area contributed by atoms with Gasteiger partial charge in [0.25, 0.3) is 0 Å². The average Bonchev–Trinajstić information content (AvgIpc) is 1.65. The van der Waals surface area contributed by atoms with Gasteiger partial charge < -0.3 is 0 Å². The predicted octanol–water partition coefficient (Wildman–Crippen LogP) is 0.0803. The second-order valence-electron chi connectivity index (χ2n) is 1.18. The zero-order valence-electron chi connectivity index (χ0n) is 4.51. The maximum atomic E-state index is 10.2. The Morgan fingerprint density at radius 2 is 2.29 bits per heavy atom. The molecule has 0 heterocycles. The molecule has 0 fully saturated rings. The van der Waals surface area contributed by atoms with Crippen molar-refractivity contribution in [3.8, 4) is 0 Å². The van der Waals surface area contributed by atoms with Gasteiger partial charge in [-0.3, -0.25) is 4.79 Å². The lowest BCUT2D eigenvalue weighted by atomic mass is 10.7. The first-order valence-corrected chi connectivity index (χ1v) is 1.89. The summed E-state index contributed by atoms with van der Waals surface area (Å²) in [6, 6.07) is 0. The number of hydrogen-bond donors (Lipinski definition) is 0. The van der Waals surface area contributed by atoms with E-state index >= 15 is 0 Å². The summed E-state index contributed by atoms with van der Waals surface area (Å²) in [5.41, 5.74) is 0.